The number of anilines is 1. The molecular weight excluding hydrogens is 549 g/mol. The number of amides is 1. The number of nitrogens with two attached hydrogens (primary N) is 3. The summed E-state index contributed by atoms with van der Waals surface area (Å²) in [6, 6.07) is 6.40. The molecule has 18 heteroatoms. The number of hydrogen-bond acceptors (Lipinski definition) is 8. The van der Waals surface area contributed by atoms with E-state index in [0.29, 0.717) is 0 Å². The van der Waals surface area contributed by atoms with E-state index in [1.165, 1.54) is 12.1 Å². The number of alkyl halides is 3. The summed E-state index contributed by atoms with van der Waals surface area (Å²) in [5.41, 5.74) is 10.6. The van der Waals surface area contributed by atoms with Gasteiger partial charge >= 0.3 is 17.7 Å². The maximum Gasteiger partial charge on any atom is 0.493 e. The number of hydrogen-bond donors (Lipinski definition) is 4. The molecule has 0 aliphatic heterocycles. The largest absolute Gasteiger partial charge is 0.493 e. The highest BCUT2D eigenvalue weighted by Gasteiger charge is 2.44. The fourth-order valence-electron chi connectivity index (χ4n) is 2.80. The number of nitrogens with one attached hydrogen (secondary N) is 1. The molecule has 0 bridgehead atoms. The number of benzene rings is 1. The highest BCUT2D eigenvalue weighted by atomic mass is 35.5. The van der Waals surface area contributed by atoms with Gasteiger partial charge in [0.05, 0.1) is 16.0 Å². The van der Waals surface area contributed by atoms with E-state index in [1.54, 1.807) is 0 Å². The van der Waals surface area contributed by atoms with Crippen molar-refractivity contribution in [2.24, 2.45) is 22.4 Å². The maximum absolute atomic E-state index is 13.0. The van der Waals surface area contributed by atoms with E-state index in [-0.39, 0.29) is 14.6 Å². The highest BCUT2D eigenvalue weighted by molar-refractivity contribution is 7.92. The number of primary amides is 1. The van der Waals surface area contributed by atoms with Crippen LogP contribution in [0.3, 0.4) is 0 Å². The Hall–Kier alpha value is -3.99. The Bertz CT molecular complexity index is 1380. The molecule has 1 heterocycles. The lowest BCUT2D eigenvalue weighted by Crippen LogP contribution is -2.48. The predicted octanol–water partition coefficient (Wildman–Crippen LogP) is 0.158. The van der Waals surface area contributed by atoms with E-state index in [0.717, 1.165) is 31.2 Å². The van der Waals surface area contributed by atoms with Gasteiger partial charge in [-0.2, -0.15) is 13.2 Å². The zero-order valence-corrected chi connectivity index (χ0v) is 20.4. The van der Waals surface area contributed by atoms with Crippen LogP contribution >= 0.6 is 11.6 Å². The summed E-state index contributed by atoms with van der Waals surface area (Å²) >= 11 is 5.72. The van der Waals surface area contributed by atoms with Crippen LogP contribution in [0.25, 0.3) is 0 Å². The molecule has 1 amide bonds. The maximum atomic E-state index is 13.0. The van der Waals surface area contributed by atoms with E-state index in [1.807, 2.05) is 4.72 Å². The van der Waals surface area contributed by atoms with Crippen molar-refractivity contribution < 1.29 is 40.9 Å². The standard InChI is InChI=1S/C19H20ClF3N6O7S/c1-18(15(24)31,8-9-35-27-17(25)26)13-7-6-12(14(30)29(13)36-16(32)19(21,22)23)28-37(33,34)11-4-2-10(20)3-5-11/h2-7,28H,8-9H2,1H3,(H2,24,31)(H4,25,26,27). The number of aromatic nitrogens is 1. The zero-order chi connectivity index (χ0) is 28.2. The van der Waals surface area contributed by atoms with E-state index in [4.69, 9.17) is 33.6 Å². The lowest BCUT2D eigenvalue weighted by atomic mass is 9.82. The fourth-order valence-corrected chi connectivity index (χ4v) is 3.98. The van der Waals surface area contributed by atoms with Crippen LogP contribution in [0.1, 0.15) is 19.0 Å². The average Bonchev–Trinajstić information content (AvgIpc) is 2.78. The van der Waals surface area contributed by atoms with Gasteiger partial charge in [-0.15, -0.1) is 4.73 Å². The smallest absolute Gasteiger partial charge is 0.393 e. The second-order valence-electron chi connectivity index (χ2n) is 7.46. The van der Waals surface area contributed by atoms with Crippen molar-refractivity contribution in [2.45, 2.75) is 29.8 Å². The normalized spacial score (nSPS) is 13.2. The van der Waals surface area contributed by atoms with Gasteiger partial charge in [-0.3, -0.25) is 14.3 Å². The topological polar surface area (TPSA) is 211 Å². The minimum Gasteiger partial charge on any atom is -0.393 e. The number of halogens is 4. The molecule has 7 N–H and O–H groups in total. The summed E-state index contributed by atoms with van der Waals surface area (Å²) in [5, 5.41) is 3.43. The predicted molar refractivity (Wildman–Crippen MR) is 124 cm³/mol. The van der Waals surface area contributed by atoms with Crippen LogP contribution in [0.5, 0.6) is 0 Å². The van der Waals surface area contributed by atoms with Crippen molar-refractivity contribution in [2.75, 3.05) is 11.3 Å². The first-order valence-corrected chi connectivity index (χ1v) is 11.7. The molecule has 1 aromatic carbocycles. The van der Waals surface area contributed by atoms with Crippen molar-refractivity contribution in [3.63, 3.8) is 0 Å². The Morgan fingerprint density at radius 3 is 2.22 bits per heavy atom. The summed E-state index contributed by atoms with van der Waals surface area (Å²) in [4.78, 5) is 45.6. The van der Waals surface area contributed by atoms with Crippen LogP contribution in [0.4, 0.5) is 18.9 Å². The molecule has 0 aliphatic rings. The molecule has 1 unspecified atom stereocenters. The Kier molecular flexibility index (Phi) is 8.66. The van der Waals surface area contributed by atoms with Gasteiger partial charge in [0.2, 0.25) is 11.9 Å². The van der Waals surface area contributed by atoms with Gasteiger partial charge in [-0.1, -0.05) is 11.6 Å². The molecule has 13 nitrogen and oxygen atoms in total. The number of sulfonamides is 1. The molecule has 0 saturated carbocycles. The first-order chi connectivity index (χ1) is 17.0. The third-order valence-electron chi connectivity index (χ3n) is 4.79. The van der Waals surface area contributed by atoms with Gasteiger partial charge in [0.1, 0.15) is 12.3 Å². The molecule has 2 rings (SSSR count). The van der Waals surface area contributed by atoms with Gasteiger partial charge in [-0.25, -0.2) is 13.2 Å². The summed E-state index contributed by atoms with van der Waals surface area (Å²) < 4.78 is 65.9. The molecule has 202 valence electrons. The number of nitrogens with zero attached hydrogens (tertiary/aromatic N) is 2. The first-order valence-electron chi connectivity index (χ1n) is 9.84. The second kappa shape index (κ2) is 11.0. The Morgan fingerprint density at radius 1 is 1.11 bits per heavy atom. The van der Waals surface area contributed by atoms with Gasteiger partial charge in [0, 0.05) is 11.4 Å². The van der Waals surface area contributed by atoms with Crippen LogP contribution in [0.15, 0.2) is 51.2 Å². The molecule has 37 heavy (non-hydrogen) atoms. The first kappa shape index (κ1) is 29.2. The monoisotopic (exact) mass is 568 g/mol. The summed E-state index contributed by atoms with van der Waals surface area (Å²) in [6.07, 6.45) is -5.98. The summed E-state index contributed by atoms with van der Waals surface area (Å²) in [5.74, 6) is -4.49. The van der Waals surface area contributed by atoms with Gasteiger partial charge < -0.3 is 26.9 Å². The van der Waals surface area contributed by atoms with Crippen molar-refractivity contribution in [3.05, 3.63) is 57.5 Å². The molecular formula is C19H20ClF3N6O7S. The van der Waals surface area contributed by atoms with Crippen LogP contribution in [0, 0.1) is 0 Å². The SMILES string of the molecule is CC(CCON=C(N)N)(C(N)=O)c1ccc(NS(=O)(=O)c2ccc(Cl)cc2)c(=O)n1OC(=O)C(F)(F)F. The Labute approximate surface area is 211 Å². The quantitative estimate of drug-likeness (QED) is 0.133. The Morgan fingerprint density at radius 2 is 1.70 bits per heavy atom. The number of guanidine groups is 1. The number of oxime groups is 1. The number of rotatable bonds is 10. The van der Waals surface area contributed by atoms with E-state index < -0.39 is 69.4 Å². The molecule has 0 radical (unpaired) electrons. The molecule has 2 aromatic rings. The average molecular weight is 569 g/mol. The van der Waals surface area contributed by atoms with Crippen LogP contribution in [-0.4, -0.2) is 43.8 Å². The van der Waals surface area contributed by atoms with E-state index in [9.17, 15) is 36.0 Å². The van der Waals surface area contributed by atoms with Gasteiger partial charge in [0.15, 0.2) is 0 Å². The minimum atomic E-state index is -5.56. The van der Waals surface area contributed by atoms with Gasteiger partial charge in [0.25, 0.3) is 10.0 Å². The van der Waals surface area contributed by atoms with Gasteiger partial charge in [-0.05, 0) is 48.5 Å². The third kappa shape index (κ3) is 7.04. The second-order valence-corrected chi connectivity index (χ2v) is 9.58. The van der Waals surface area contributed by atoms with Crippen LogP contribution in [-0.2, 0) is 29.9 Å². The summed E-state index contributed by atoms with van der Waals surface area (Å²) in [6.45, 7) is 0.683. The lowest BCUT2D eigenvalue weighted by Gasteiger charge is -2.28. The minimum absolute atomic E-state index is 0.180. The third-order valence-corrected chi connectivity index (χ3v) is 6.42. The van der Waals surface area contributed by atoms with E-state index in [2.05, 4.69) is 9.99 Å². The van der Waals surface area contributed by atoms with Crippen LogP contribution < -0.4 is 32.3 Å². The molecule has 0 spiro atoms. The van der Waals surface area contributed by atoms with Crippen LogP contribution in [0.2, 0.25) is 5.02 Å². The van der Waals surface area contributed by atoms with Crippen molar-refractivity contribution in [1.29, 1.82) is 0 Å². The molecule has 1 aromatic heterocycles. The number of carbonyl (C=O) groups is 2. The summed E-state index contributed by atoms with van der Waals surface area (Å²) in [7, 11) is -4.45. The highest BCUT2D eigenvalue weighted by Crippen LogP contribution is 2.28. The van der Waals surface area contributed by atoms with Crippen molar-refractivity contribution in [3.8, 4) is 0 Å². The molecule has 1 atom stereocenters. The molecule has 0 aliphatic carbocycles. The zero-order valence-electron chi connectivity index (χ0n) is 18.8. The molecule has 0 fully saturated rings. The number of carbonyl (C=O) groups excluding carboxylic acids is 2. The van der Waals surface area contributed by atoms with Crippen molar-refractivity contribution >= 4 is 45.1 Å². The Balaban J connectivity index is 2.63. The number of pyridine rings is 1. The van der Waals surface area contributed by atoms with Crippen molar-refractivity contribution in [1.82, 2.24) is 4.73 Å². The molecule has 0 saturated heterocycles. The lowest BCUT2D eigenvalue weighted by molar-refractivity contribution is -0.200. The fraction of sp³-hybridized carbons (Fsp3) is 0.263. The van der Waals surface area contributed by atoms with E-state index >= 15 is 0 Å².